The van der Waals surface area contributed by atoms with Crippen molar-refractivity contribution in [1.29, 1.82) is 0 Å². The van der Waals surface area contributed by atoms with E-state index < -0.39 is 0 Å². The Bertz CT molecular complexity index is 2420. The fourth-order valence-corrected chi connectivity index (χ4v) is 6.35. The van der Waals surface area contributed by atoms with E-state index in [4.69, 9.17) is 5.10 Å². The lowest BCUT2D eigenvalue weighted by atomic mass is 10.1. The van der Waals surface area contributed by atoms with Crippen LogP contribution in [0.25, 0.3) is 71.5 Å². The van der Waals surface area contributed by atoms with E-state index in [2.05, 4.69) is 129 Å². The van der Waals surface area contributed by atoms with Gasteiger partial charge in [-0.25, -0.2) is 4.68 Å². The van der Waals surface area contributed by atoms with Crippen molar-refractivity contribution in [1.82, 2.24) is 24.1 Å². The zero-order valence-electron chi connectivity index (χ0n) is 22.0. The predicted octanol–water partition coefficient (Wildman–Crippen LogP) is 8.61. The Morgan fingerprint density at radius 2 is 1.22 bits per heavy atom. The number of aromatic nitrogens is 5. The second-order valence-electron chi connectivity index (χ2n) is 10.4. The lowest BCUT2D eigenvalue weighted by Crippen LogP contribution is -2.10. The monoisotopic (exact) mass is 525 g/mol. The van der Waals surface area contributed by atoms with E-state index in [9.17, 15) is 0 Å². The van der Waals surface area contributed by atoms with Crippen molar-refractivity contribution < 1.29 is 0 Å². The summed E-state index contributed by atoms with van der Waals surface area (Å²) in [5, 5.41) is 10.8. The lowest BCUT2D eigenvalue weighted by Gasteiger charge is -2.11. The fraction of sp³-hybridized carbons (Fsp3) is 0. The highest BCUT2D eigenvalue weighted by Crippen LogP contribution is 2.39. The van der Waals surface area contributed by atoms with Gasteiger partial charge >= 0.3 is 0 Å². The van der Waals surface area contributed by atoms with Crippen molar-refractivity contribution in [3.05, 3.63) is 140 Å². The molecule has 0 saturated carbocycles. The van der Waals surface area contributed by atoms with E-state index in [1.165, 1.54) is 27.1 Å². The van der Waals surface area contributed by atoms with Gasteiger partial charge in [-0.05, 0) is 54.6 Å². The minimum atomic E-state index is 0.961. The van der Waals surface area contributed by atoms with Crippen LogP contribution < -0.4 is 0 Å². The first kappa shape index (κ1) is 22.2. The Labute approximate surface area is 235 Å². The first-order chi connectivity index (χ1) is 20.3. The van der Waals surface area contributed by atoms with E-state index in [0.717, 1.165) is 44.4 Å². The molecule has 5 nitrogen and oxygen atoms in total. The van der Waals surface area contributed by atoms with Crippen LogP contribution in [0.1, 0.15) is 0 Å². The minimum absolute atomic E-state index is 0.961. The van der Waals surface area contributed by atoms with Crippen molar-refractivity contribution in [2.75, 3.05) is 0 Å². The van der Waals surface area contributed by atoms with E-state index in [0.29, 0.717) is 0 Å². The normalized spacial score (nSPS) is 11.9. The molecule has 9 aromatic rings. The molecule has 41 heavy (non-hydrogen) atoms. The minimum Gasteiger partial charge on any atom is -0.309 e. The van der Waals surface area contributed by atoms with Crippen molar-refractivity contribution in [2.45, 2.75) is 0 Å². The molecule has 0 aliphatic carbocycles. The highest BCUT2D eigenvalue weighted by atomic mass is 15.6. The molecule has 9 rings (SSSR count). The summed E-state index contributed by atoms with van der Waals surface area (Å²) in [5.41, 5.74) is 8.78. The number of para-hydroxylation sites is 3. The smallest absolute Gasteiger partial charge is 0.0928 e. The largest absolute Gasteiger partial charge is 0.309 e. The van der Waals surface area contributed by atoms with Gasteiger partial charge in [0.15, 0.2) is 0 Å². The second-order valence-corrected chi connectivity index (χ2v) is 10.4. The molecule has 5 aromatic carbocycles. The predicted molar refractivity (Wildman–Crippen MR) is 168 cm³/mol. The third-order valence-corrected chi connectivity index (χ3v) is 8.15. The number of fused-ring (bicyclic) bond motifs is 7. The molecule has 0 amide bonds. The zero-order chi connectivity index (χ0) is 26.9. The molecule has 5 heteroatoms. The van der Waals surface area contributed by atoms with E-state index in [1.807, 2.05) is 29.3 Å². The second kappa shape index (κ2) is 8.41. The molecule has 0 aliphatic rings. The van der Waals surface area contributed by atoms with Crippen LogP contribution in [0.15, 0.2) is 140 Å². The van der Waals surface area contributed by atoms with Crippen LogP contribution in [0.4, 0.5) is 0 Å². The van der Waals surface area contributed by atoms with E-state index >= 15 is 0 Å². The maximum absolute atomic E-state index is 4.85. The maximum atomic E-state index is 4.85. The summed E-state index contributed by atoms with van der Waals surface area (Å²) >= 11 is 0. The summed E-state index contributed by atoms with van der Waals surface area (Å²) in [7, 11) is 0. The zero-order valence-corrected chi connectivity index (χ0v) is 22.0. The molecule has 0 N–H and O–H groups in total. The molecular weight excluding hydrogens is 502 g/mol. The highest BCUT2D eigenvalue weighted by molar-refractivity contribution is 6.18. The molecule has 0 unspecified atom stereocenters. The quantitative estimate of drug-likeness (QED) is 0.232. The van der Waals surface area contributed by atoms with Crippen LogP contribution in [-0.4, -0.2) is 24.1 Å². The van der Waals surface area contributed by atoms with Gasteiger partial charge in [0.25, 0.3) is 0 Å². The summed E-state index contributed by atoms with van der Waals surface area (Å²) in [6.45, 7) is 0. The third-order valence-electron chi connectivity index (χ3n) is 8.15. The van der Waals surface area contributed by atoms with Gasteiger partial charge in [0.1, 0.15) is 0 Å². The molecule has 0 bridgehead atoms. The van der Waals surface area contributed by atoms with Crippen LogP contribution >= 0.6 is 0 Å². The topological polar surface area (TPSA) is 40.6 Å². The molecule has 0 atom stereocenters. The number of nitrogens with zero attached hydrogens (tertiary/aromatic N) is 5. The fourth-order valence-electron chi connectivity index (χ4n) is 6.35. The summed E-state index contributed by atoms with van der Waals surface area (Å²) in [4.78, 5) is 6.63. The Balaban J connectivity index is 1.41. The summed E-state index contributed by atoms with van der Waals surface area (Å²) in [5.74, 6) is 0. The van der Waals surface area contributed by atoms with Crippen molar-refractivity contribution >= 4 is 54.5 Å². The summed E-state index contributed by atoms with van der Waals surface area (Å²) < 4.78 is 4.62. The first-order valence-corrected chi connectivity index (χ1v) is 13.8. The molecule has 0 radical (unpaired) electrons. The average molecular weight is 526 g/mol. The number of pyridine rings is 1. The molecular formula is C36H23N5. The SMILES string of the molecule is c1ccc(-c2cccc(-n3c4ccccc4c4cc5c6ccccc6n(-n6ncc7ccccc76)c5cc43)c2)nc1. The molecule has 0 fully saturated rings. The third kappa shape index (κ3) is 3.17. The molecule has 192 valence electrons. The van der Waals surface area contributed by atoms with Gasteiger partial charge in [-0.2, -0.15) is 9.89 Å². The maximum Gasteiger partial charge on any atom is 0.0928 e. The van der Waals surface area contributed by atoms with Crippen molar-refractivity contribution in [3.8, 4) is 16.9 Å². The Kier molecular flexibility index (Phi) is 4.55. The Morgan fingerprint density at radius 1 is 0.488 bits per heavy atom. The van der Waals surface area contributed by atoms with E-state index in [1.54, 1.807) is 0 Å². The highest BCUT2D eigenvalue weighted by Gasteiger charge is 2.19. The molecule has 0 saturated heterocycles. The molecule has 0 aliphatic heterocycles. The molecule has 4 heterocycles. The van der Waals surface area contributed by atoms with Gasteiger partial charge in [-0.3, -0.25) is 4.98 Å². The van der Waals surface area contributed by atoms with Crippen LogP contribution in [-0.2, 0) is 0 Å². The van der Waals surface area contributed by atoms with Gasteiger partial charge in [0.2, 0.25) is 0 Å². The van der Waals surface area contributed by atoms with Gasteiger partial charge < -0.3 is 4.57 Å². The molecule has 0 spiro atoms. The average Bonchev–Trinajstić information content (AvgIpc) is 3.70. The lowest BCUT2D eigenvalue weighted by molar-refractivity contribution is 0.639. The Hall–Kier alpha value is -5.68. The van der Waals surface area contributed by atoms with Crippen LogP contribution in [0.2, 0.25) is 0 Å². The standard InChI is InChI=1S/C36H23N5/c1-4-16-32-25(10-1)23-38-41(32)40-34-18-6-3-14-28(34)30-21-29-27-13-2-5-17-33(27)39(35(29)22-36(30)40)26-12-9-11-24(20-26)31-15-7-8-19-37-31/h1-23H. The van der Waals surface area contributed by atoms with Gasteiger partial charge in [-0.1, -0.05) is 72.8 Å². The van der Waals surface area contributed by atoms with E-state index in [-0.39, 0.29) is 0 Å². The van der Waals surface area contributed by atoms with Crippen molar-refractivity contribution in [2.24, 2.45) is 0 Å². The number of benzene rings is 5. The van der Waals surface area contributed by atoms with Crippen LogP contribution in [0, 0.1) is 0 Å². The molecule has 4 aromatic heterocycles. The van der Waals surface area contributed by atoms with Gasteiger partial charge in [0.05, 0.1) is 39.5 Å². The number of hydrogen-bond donors (Lipinski definition) is 0. The number of hydrogen-bond acceptors (Lipinski definition) is 2. The van der Waals surface area contributed by atoms with Gasteiger partial charge in [0, 0.05) is 44.4 Å². The van der Waals surface area contributed by atoms with Crippen LogP contribution in [0.5, 0.6) is 0 Å². The summed E-state index contributed by atoms with van der Waals surface area (Å²) in [6.07, 6.45) is 3.78. The number of rotatable bonds is 3. The first-order valence-electron chi connectivity index (χ1n) is 13.8. The Morgan fingerprint density at radius 3 is 2.07 bits per heavy atom. The van der Waals surface area contributed by atoms with Gasteiger partial charge in [-0.15, -0.1) is 0 Å². The van der Waals surface area contributed by atoms with Crippen molar-refractivity contribution in [3.63, 3.8) is 0 Å². The summed E-state index contributed by atoms with van der Waals surface area (Å²) in [6, 6.07) is 45.0. The van der Waals surface area contributed by atoms with Crippen LogP contribution in [0.3, 0.4) is 0 Å².